The quantitative estimate of drug-likeness (QED) is 0.0489. The molecule has 6 nitrogen and oxygen atoms in total. The predicted molar refractivity (Wildman–Crippen MR) is 209 cm³/mol. The fourth-order valence-electron chi connectivity index (χ4n) is 6.67. The van der Waals surface area contributed by atoms with E-state index in [2.05, 4.69) is 19.2 Å². The molecule has 0 aliphatic carbocycles. The molecule has 0 radical (unpaired) electrons. The van der Waals surface area contributed by atoms with Gasteiger partial charge in [-0.05, 0) is 25.7 Å². The van der Waals surface area contributed by atoms with Crippen LogP contribution in [0.5, 0.6) is 0 Å². The first-order valence-corrected chi connectivity index (χ1v) is 21.8. The highest BCUT2D eigenvalue weighted by atomic mass is 16.5. The summed E-state index contributed by atoms with van der Waals surface area (Å²) < 4.78 is 11.0. The van der Waals surface area contributed by atoms with Crippen molar-refractivity contribution in [1.29, 1.82) is 0 Å². The highest BCUT2D eigenvalue weighted by Gasteiger charge is 2.12. The molecule has 0 aromatic carbocycles. The Bertz CT molecular complexity index is 621. The van der Waals surface area contributed by atoms with E-state index in [0.717, 1.165) is 25.7 Å². The van der Waals surface area contributed by atoms with Crippen molar-refractivity contribution < 1.29 is 24.2 Å². The van der Waals surface area contributed by atoms with Gasteiger partial charge in [0.25, 0.3) is 0 Å². The number of rotatable bonds is 41. The molecule has 0 unspecified atom stereocenters. The standard InChI is InChI=1S/C43H85NO5/c1-3-5-7-9-11-13-15-17-19-21-23-25-27-29-31-33-42(46)48-39-35-41(44-37-38-45)36-40-49-43(47)34-32-30-28-26-24-22-20-18-16-14-12-10-8-6-4-2/h41,44-45H,3-40H2,1-2H3. The summed E-state index contributed by atoms with van der Waals surface area (Å²) in [4.78, 5) is 24.4. The van der Waals surface area contributed by atoms with Crippen molar-refractivity contribution >= 4 is 11.9 Å². The maximum atomic E-state index is 12.2. The van der Waals surface area contributed by atoms with Gasteiger partial charge in [-0.3, -0.25) is 9.59 Å². The Morgan fingerprint density at radius 1 is 0.449 bits per heavy atom. The Hall–Kier alpha value is -1.14. The van der Waals surface area contributed by atoms with Gasteiger partial charge in [-0.25, -0.2) is 0 Å². The smallest absolute Gasteiger partial charge is 0.305 e. The van der Waals surface area contributed by atoms with Crippen molar-refractivity contribution in [3.63, 3.8) is 0 Å². The van der Waals surface area contributed by atoms with Crippen LogP contribution in [0.15, 0.2) is 0 Å². The zero-order chi connectivity index (χ0) is 35.7. The Morgan fingerprint density at radius 2 is 0.714 bits per heavy atom. The number of esters is 2. The summed E-state index contributed by atoms with van der Waals surface area (Å²) in [7, 11) is 0. The summed E-state index contributed by atoms with van der Waals surface area (Å²) in [6.45, 7) is 5.79. The van der Waals surface area contributed by atoms with E-state index < -0.39 is 0 Å². The third kappa shape index (κ3) is 39.5. The molecule has 0 rings (SSSR count). The highest BCUT2D eigenvalue weighted by molar-refractivity contribution is 5.69. The van der Waals surface area contributed by atoms with E-state index in [0.29, 0.717) is 45.4 Å². The van der Waals surface area contributed by atoms with Gasteiger partial charge in [0.1, 0.15) is 0 Å². The minimum absolute atomic E-state index is 0.0457. The topological polar surface area (TPSA) is 84.9 Å². The number of carbonyl (C=O) groups excluding carboxylic acids is 2. The molecular formula is C43H85NO5. The fraction of sp³-hybridized carbons (Fsp3) is 0.953. The number of ether oxygens (including phenoxy) is 2. The van der Waals surface area contributed by atoms with Gasteiger partial charge < -0.3 is 19.9 Å². The lowest BCUT2D eigenvalue weighted by molar-refractivity contribution is -0.144. The van der Waals surface area contributed by atoms with Crippen LogP contribution < -0.4 is 5.32 Å². The zero-order valence-electron chi connectivity index (χ0n) is 33.0. The summed E-state index contributed by atoms with van der Waals surface area (Å²) in [5.41, 5.74) is 0. The second-order valence-corrected chi connectivity index (χ2v) is 14.8. The monoisotopic (exact) mass is 696 g/mol. The van der Waals surface area contributed by atoms with E-state index in [4.69, 9.17) is 9.47 Å². The van der Waals surface area contributed by atoms with Crippen molar-refractivity contribution in [3.8, 4) is 0 Å². The van der Waals surface area contributed by atoms with Gasteiger partial charge in [0.2, 0.25) is 0 Å². The molecule has 0 aromatic heterocycles. The van der Waals surface area contributed by atoms with E-state index >= 15 is 0 Å². The number of unbranched alkanes of at least 4 members (excludes halogenated alkanes) is 28. The Balaban J connectivity index is 3.64. The van der Waals surface area contributed by atoms with Gasteiger partial charge in [0.15, 0.2) is 0 Å². The second-order valence-electron chi connectivity index (χ2n) is 14.8. The molecule has 292 valence electrons. The number of carbonyl (C=O) groups is 2. The first kappa shape index (κ1) is 47.9. The second kappa shape index (κ2) is 41.3. The molecular weight excluding hydrogens is 610 g/mol. The van der Waals surface area contributed by atoms with Crippen molar-refractivity contribution in [3.05, 3.63) is 0 Å². The van der Waals surface area contributed by atoms with Crippen molar-refractivity contribution in [2.75, 3.05) is 26.4 Å². The zero-order valence-corrected chi connectivity index (χ0v) is 33.0. The van der Waals surface area contributed by atoms with Crippen LogP contribution in [-0.4, -0.2) is 49.5 Å². The van der Waals surface area contributed by atoms with Crippen molar-refractivity contribution in [2.24, 2.45) is 0 Å². The SMILES string of the molecule is CCCCCCCCCCCCCCCCCC(=O)OCCC(CCOC(=O)CCCCCCCCCCCCCCCCC)NCCO. The molecule has 0 spiro atoms. The Labute approximate surface area is 305 Å². The first-order chi connectivity index (χ1) is 24.1. The summed E-state index contributed by atoms with van der Waals surface area (Å²) in [6, 6.07) is 0.0457. The summed E-state index contributed by atoms with van der Waals surface area (Å²) >= 11 is 0. The average molecular weight is 696 g/mol. The third-order valence-electron chi connectivity index (χ3n) is 9.97. The summed E-state index contributed by atoms with van der Waals surface area (Å²) in [6.07, 6.45) is 41.7. The third-order valence-corrected chi connectivity index (χ3v) is 9.97. The van der Waals surface area contributed by atoms with Gasteiger partial charge in [-0.2, -0.15) is 0 Å². The van der Waals surface area contributed by atoms with Gasteiger partial charge in [-0.1, -0.05) is 194 Å². The molecule has 0 saturated heterocycles. The van der Waals surface area contributed by atoms with E-state index in [1.165, 1.54) is 167 Å². The van der Waals surface area contributed by atoms with Crippen molar-refractivity contribution in [2.45, 2.75) is 238 Å². The maximum Gasteiger partial charge on any atom is 0.305 e. The molecule has 0 aromatic rings. The summed E-state index contributed by atoms with van der Waals surface area (Å²) in [5, 5.41) is 12.5. The van der Waals surface area contributed by atoms with E-state index in [1.54, 1.807) is 0 Å². The maximum absolute atomic E-state index is 12.2. The number of hydrogen-bond acceptors (Lipinski definition) is 6. The minimum atomic E-state index is -0.120. The number of nitrogens with one attached hydrogen (secondary N) is 1. The van der Waals surface area contributed by atoms with Crippen LogP contribution in [0.4, 0.5) is 0 Å². The number of aliphatic hydroxyl groups is 1. The van der Waals surface area contributed by atoms with Gasteiger partial charge in [0.05, 0.1) is 19.8 Å². The lowest BCUT2D eigenvalue weighted by Gasteiger charge is -2.18. The molecule has 0 aliphatic heterocycles. The molecule has 2 N–H and O–H groups in total. The van der Waals surface area contributed by atoms with Crippen LogP contribution in [0.25, 0.3) is 0 Å². The van der Waals surface area contributed by atoms with Crippen LogP contribution in [0.3, 0.4) is 0 Å². The predicted octanol–water partition coefficient (Wildman–Crippen LogP) is 12.3. The average Bonchev–Trinajstić information content (AvgIpc) is 3.10. The molecule has 0 bridgehead atoms. The van der Waals surface area contributed by atoms with Crippen LogP contribution >= 0.6 is 0 Å². The van der Waals surface area contributed by atoms with Gasteiger partial charge in [0, 0.05) is 25.4 Å². The molecule has 0 amide bonds. The molecule has 0 heterocycles. The van der Waals surface area contributed by atoms with Gasteiger partial charge in [-0.15, -0.1) is 0 Å². The van der Waals surface area contributed by atoms with Crippen LogP contribution in [0.1, 0.15) is 232 Å². The van der Waals surface area contributed by atoms with Crippen LogP contribution in [0, 0.1) is 0 Å². The van der Waals surface area contributed by atoms with Crippen LogP contribution in [0.2, 0.25) is 0 Å². The van der Waals surface area contributed by atoms with E-state index in [1.807, 2.05) is 0 Å². The van der Waals surface area contributed by atoms with Crippen LogP contribution in [-0.2, 0) is 19.1 Å². The molecule has 6 heteroatoms. The Morgan fingerprint density at radius 3 is 0.980 bits per heavy atom. The number of hydrogen-bond donors (Lipinski definition) is 2. The first-order valence-electron chi connectivity index (χ1n) is 21.8. The Kier molecular flexibility index (Phi) is 40.3. The lowest BCUT2D eigenvalue weighted by atomic mass is 10.0. The molecule has 0 aliphatic rings. The molecule has 49 heavy (non-hydrogen) atoms. The molecule has 0 fully saturated rings. The lowest BCUT2D eigenvalue weighted by Crippen LogP contribution is -2.34. The molecule has 0 saturated carbocycles. The van der Waals surface area contributed by atoms with E-state index in [9.17, 15) is 14.7 Å². The van der Waals surface area contributed by atoms with Gasteiger partial charge >= 0.3 is 11.9 Å². The summed E-state index contributed by atoms with van der Waals surface area (Å²) in [5.74, 6) is -0.240. The fourth-order valence-corrected chi connectivity index (χ4v) is 6.67. The highest BCUT2D eigenvalue weighted by Crippen LogP contribution is 2.15. The molecule has 0 atom stereocenters. The number of aliphatic hydroxyl groups excluding tert-OH is 1. The largest absolute Gasteiger partial charge is 0.466 e. The van der Waals surface area contributed by atoms with E-state index in [-0.39, 0.29) is 24.6 Å². The van der Waals surface area contributed by atoms with Crippen molar-refractivity contribution in [1.82, 2.24) is 5.32 Å². The minimum Gasteiger partial charge on any atom is -0.466 e. The normalized spacial score (nSPS) is 11.4.